The molecule has 1 saturated heterocycles. The number of rotatable bonds is 11. The smallest absolute Gasteiger partial charge is 0.410 e. The number of amides is 1. The predicted octanol–water partition coefficient (Wildman–Crippen LogP) is 5.38. The van der Waals surface area contributed by atoms with E-state index in [9.17, 15) is 14.4 Å². The van der Waals surface area contributed by atoms with E-state index in [1.807, 2.05) is 75.4 Å². The first-order valence-electron chi connectivity index (χ1n) is 14.4. The van der Waals surface area contributed by atoms with Gasteiger partial charge in [-0.3, -0.25) is 14.2 Å². The maximum Gasteiger partial charge on any atom is 0.410 e. The number of carbonyl (C=O) groups is 2. The third-order valence-corrected chi connectivity index (χ3v) is 7.30. The molecule has 11 heteroatoms. The van der Waals surface area contributed by atoms with E-state index >= 15 is 0 Å². The van der Waals surface area contributed by atoms with Crippen LogP contribution < -0.4 is 15.6 Å². The highest BCUT2D eigenvalue weighted by Gasteiger charge is 2.32. The summed E-state index contributed by atoms with van der Waals surface area (Å²) >= 11 is 6.30. The molecule has 4 rings (SSSR count). The lowest BCUT2D eigenvalue weighted by Gasteiger charge is -2.28. The fourth-order valence-corrected chi connectivity index (χ4v) is 4.90. The van der Waals surface area contributed by atoms with Crippen LogP contribution in [0.3, 0.4) is 0 Å². The molecule has 0 bridgehead atoms. The Morgan fingerprint density at radius 2 is 1.84 bits per heavy atom. The highest BCUT2D eigenvalue weighted by atomic mass is 35.5. The Bertz CT molecular complexity index is 1470. The summed E-state index contributed by atoms with van der Waals surface area (Å²) in [4.78, 5) is 44.1. The first-order chi connectivity index (χ1) is 20.5. The highest BCUT2D eigenvalue weighted by molar-refractivity contribution is 6.30. The lowest BCUT2D eigenvalue weighted by Crippen LogP contribution is -2.42. The minimum atomic E-state index is -0.550. The molecule has 0 unspecified atom stereocenters. The van der Waals surface area contributed by atoms with Crippen LogP contribution in [0.15, 0.2) is 59.4 Å². The zero-order valence-electron chi connectivity index (χ0n) is 25.1. The minimum absolute atomic E-state index is 0.0460. The molecule has 2 heterocycles. The number of benzene rings is 2. The van der Waals surface area contributed by atoms with Crippen LogP contribution in [0.25, 0.3) is 0 Å². The van der Waals surface area contributed by atoms with Gasteiger partial charge in [0.15, 0.2) is 11.0 Å². The van der Waals surface area contributed by atoms with Gasteiger partial charge < -0.3 is 24.4 Å². The molecule has 0 aliphatic carbocycles. The van der Waals surface area contributed by atoms with E-state index in [1.54, 1.807) is 11.8 Å². The van der Waals surface area contributed by atoms with Crippen molar-refractivity contribution in [3.8, 4) is 5.75 Å². The lowest BCUT2D eigenvalue weighted by atomic mass is 10.1. The van der Waals surface area contributed by atoms with Crippen molar-refractivity contribution in [3.63, 3.8) is 0 Å². The number of ether oxygens (including phenoxy) is 3. The molecule has 1 aliphatic rings. The van der Waals surface area contributed by atoms with Crippen LogP contribution in [0, 0.1) is 6.92 Å². The Kier molecular flexibility index (Phi) is 10.7. The van der Waals surface area contributed by atoms with Crippen molar-refractivity contribution < 1.29 is 23.8 Å². The van der Waals surface area contributed by atoms with E-state index in [0.717, 1.165) is 24.0 Å². The first-order valence-corrected chi connectivity index (χ1v) is 14.8. The average Bonchev–Trinajstić information content (AvgIpc) is 3.45. The maximum absolute atomic E-state index is 13.1. The zero-order valence-corrected chi connectivity index (χ0v) is 25.9. The molecule has 1 fully saturated rings. The normalized spacial score (nSPS) is 14.8. The van der Waals surface area contributed by atoms with Crippen LogP contribution in [0.5, 0.6) is 5.75 Å². The number of esters is 1. The van der Waals surface area contributed by atoms with E-state index in [0.29, 0.717) is 37.6 Å². The molecular formula is C32H39ClN4O6. The Morgan fingerprint density at radius 3 is 2.58 bits per heavy atom. The number of anilines is 1. The Hall–Kier alpha value is -4.05. The summed E-state index contributed by atoms with van der Waals surface area (Å²) < 4.78 is 18.2. The second-order valence-corrected chi connectivity index (χ2v) is 11.8. The van der Waals surface area contributed by atoms with Crippen LogP contribution in [-0.2, 0) is 33.8 Å². The van der Waals surface area contributed by atoms with Gasteiger partial charge >= 0.3 is 12.1 Å². The van der Waals surface area contributed by atoms with Crippen molar-refractivity contribution in [2.75, 3.05) is 25.0 Å². The van der Waals surface area contributed by atoms with Gasteiger partial charge in [0.1, 0.15) is 31.1 Å². The lowest BCUT2D eigenvalue weighted by molar-refractivity contribution is -0.145. The second kappa shape index (κ2) is 14.4. The fourth-order valence-electron chi connectivity index (χ4n) is 4.72. The molecule has 43 heavy (non-hydrogen) atoms. The Balaban J connectivity index is 1.31. The Morgan fingerprint density at radius 1 is 1.09 bits per heavy atom. The van der Waals surface area contributed by atoms with Crippen molar-refractivity contribution >= 4 is 29.5 Å². The molecule has 0 spiro atoms. The van der Waals surface area contributed by atoms with Gasteiger partial charge in [0, 0.05) is 13.1 Å². The molecular weight excluding hydrogens is 572 g/mol. The number of nitrogens with zero attached hydrogens (tertiary/aromatic N) is 3. The summed E-state index contributed by atoms with van der Waals surface area (Å²) in [7, 11) is 0. The quantitative estimate of drug-likeness (QED) is 0.288. The Labute approximate surface area is 256 Å². The topological polar surface area (TPSA) is 112 Å². The number of nitrogens with one attached hydrogen (secondary N) is 1. The van der Waals surface area contributed by atoms with Gasteiger partial charge in [-0.15, -0.1) is 0 Å². The molecule has 1 amide bonds. The molecule has 1 aromatic heterocycles. The average molecular weight is 611 g/mol. The van der Waals surface area contributed by atoms with Gasteiger partial charge in [-0.25, -0.2) is 9.78 Å². The zero-order chi connectivity index (χ0) is 31.0. The first kappa shape index (κ1) is 31.9. The maximum atomic E-state index is 13.1. The molecule has 230 valence electrons. The van der Waals surface area contributed by atoms with Crippen LogP contribution in [-0.4, -0.2) is 57.9 Å². The third kappa shape index (κ3) is 9.22. The van der Waals surface area contributed by atoms with Gasteiger partial charge in [0.05, 0.1) is 11.7 Å². The third-order valence-electron chi connectivity index (χ3n) is 6.94. The number of halogens is 1. The summed E-state index contributed by atoms with van der Waals surface area (Å²) in [5, 5.41) is 3.18. The molecule has 3 aromatic rings. The van der Waals surface area contributed by atoms with Gasteiger partial charge in [-0.05, 0) is 70.2 Å². The number of carbonyl (C=O) groups excluding carboxylic acids is 2. The molecule has 1 aliphatic heterocycles. The second-order valence-electron chi connectivity index (χ2n) is 11.5. The summed E-state index contributed by atoms with van der Waals surface area (Å²) in [5.41, 5.74) is 1.22. The van der Waals surface area contributed by atoms with E-state index < -0.39 is 17.1 Å². The van der Waals surface area contributed by atoms with Crippen molar-refractivity contribution in [2.24, 2.45) is 0 Å². The van der Waals surface area contributed by atoms with Crippen molar-refractivity contribution in [3.05, 3.63) is 86.9 Å². The highest BCUT2D eigenvalue weighted by Crippen LogP contribution is 2.23. The molecule has 0 saturated carbocycles. The van der Waals surface area contributed by atoms with Gasteiger partial charge in [0.25, 0.3) is 5.56 Å². The summed E-state index contributed by atoms with van der Waals surface area (Å²) in [6.07, 6.45) is 2.03. The molecule has 1 N–H and O–H groups in total. The fraction of sp³-hybridized carbons (Fsp3) is 0.438. The standard InChI is InChI=1S/C32H39ClN4O6/c1-22-28(33)35-29(30(39)37(22)19-27(38)42-20-24-10-6-5-7-11-24)34-16-15-23-12-8-14-26(18-23)41-21-25-13-9-17-36(25)31(40)43-32(2,3)4/h5-8,10-12,14,18,25H,9,13,15-17,19-21H2,1-4H3,(H,34,35)/t25-/m1/s1. The number of hydrogen-bond acceptors (Lipinski definition) is 8. The van der Waals surface area contributed by atoms with Gasteiger partial charge in [-0.2, -0.15) is 0 Å². The van der Waals surface area contributed by atoms with E-state index in [2.05, 4.69) is 10.3 Å². The largest absolute Gasteiger partial charge is 0.491 e. The number of aromatic nitrogens is 2. The number of hydrogen-bond donors (Lipinski definition) is 1. The SMILES string of the molecule is Cc1c(Cl)nc(NCCc2cccc(OC[C@H]3CCCN3C(=O)OC(C)(C)C)c2)c(=O)n1CC(=O)OCc1ccccc1. The predicted molar refractivity (Wildman–Crippen MR) is 165 cm³/mol. The van der Waals surface area contributed by atoms with Crippen LogP contribution >= 0.6 is 11.6 Å². The van der Waals surface area contributed by atoms with E-state index in [-0.39, 0.29) is 36.3 Å². The molecule has 2 aromatic carbocycles. The van der Waals surface area contributed by atoms with Crippen molar-refractivity contribution in [1.29, 1.82) is 0 Å². The van der Waals surface area contributed by atoms with Crippen LogP contribution in [0.1, 0.15) is 50.4 Å². The molecule has 10 nitrogen and oxygen atoms in total. The van der Waals surface area contributed by atoms with Crippen LogP contribution in [0.4, 0.5) is 10.6 Å². The van der Waals surface area contributed by atoms with Crippen molar-refractivity contribution in [1.82, 2.24) is 14.5 Å². The van der Waals surface area contributed by atoms with E-state index in [4.69, 9.17) is 25.8 Å². The molecule has 1 atom stereocenters. The molecule has 0 radical (unpaired) electrons. The monoisotopic (exact) mass is 610 g/mol. The van der Waals surface area contributed by atoms with Crippen molar-refractivity contribution in [2.45, 2.75) is 71.8 Å². The van der Waals surface area contributed by atoms with E-state index in [1.165, 1.54) is 4.57 Å². The van der Waals surface area contributed by atoms with Crippen LogP contribution in [0.2, 0.25) is 5.15 Å². The summed E-state index contributed by atoms with van der Waals surface area (Å²) in [5.74, 6) is 0.203. The van der Waals surface area contributed by atoms with Gasteiger partial charge in [-0.1, -0.05) is 54.1 Å². The summed E-state index contributed by atoms with van der Waals surface area (Å²) in [6, 6.07) is 16.9. The van der Waals surface area contributed by atoms with Gasteiger partial charge in [0.2, 0.25) is 0 Å². The minimum Gasteiger partial charge on any atom is -0.491 e. The summed E-state index contributed by atoms with van der Waals surface area (Å²) in [6.45, 7) is 8.47. The number of likely N-dealkylation sites (tertiary alicyclic amines) is 1.